The van der Waals surface area contributed by atoms with E-state index in [0.717, 1.165) is 59.2 Å². The molecule has 0 aromatic rings. The van der Waals surface area contributed by atoms with E-state index < -0.39 is 0 Å². The molecule has 0 heterocycles. The molecule has 0 spiro atoms. The summed E-state index contributed by atoms with van der Waals surface area (Å²) in [5, 5.41) is 0. The Balaban J connectivity index is -0.0000000731. The minimum Gasteiger partial charge on any atom is -0.0683 e. The van der Waals surface area contributed by atoms with Gasteiger partial charge in [0, 0.05) is 0 Å². The molecular formula is C71H162. The molecule has 446 valence electrons. The van der Waals surface area contributed by atoms with Gasteiger partial charge in [0.1, 0.15) is 0 Å². The van der Waals surface area contributed by atoms with Crippen molar-refractivity contribution < 1.29 is 0 Å². The van der Waals surface area contributed by atoms with Crippen LogP contribution < -0.4 is 0 Å². The molecule has 0 unspecified atom stereocenters. The summed E-state index contributed by atoms with van der Waals surface area (Å²) in [4.78, 5) is 0. The second-order valence-electron chi connectivity index (χ2n) is 29.1. The first-order chi connectivity index (χ1) is 31.9. The average molecular weight is 1020 g/mol. The van der Waals surface area contributed by atoms with Crippen LogP contribution in [0.3, 0.4) is 0 Å². The zero-order valence-corrected chi connectivity index (χ0v) is 59.6. The Bertz CT molecular complexity index is 857. The first-order valence-corrected chi connectivity index (χ1v) is 31.9. The van der Waals surface area contributed by atoms with Crippen molar-refractivity contribution in [1.82, 2.24) is 0 Å². The maximum absolute atomic E-state index is 2.41. The minimum atomic E-state index is 0.542. The molecule has 2 aliphatic carbocycles. The van der Waals surface area contributed by atoms with E-state index in [0.29, 0.717) is 27.1 Å². The smallest absolute Gasteiger partial charge is 0.0347 e. The lowest BCUT2D eigenvalue weighted by Gasteiger charge is -2.44. The highest BCUT2D eigenvalue weighted by atomic mass is 14.4. The normalized spacial score (nSPS) is 15.5. The summed E-state index contributed by atoms with van der Waals surface area (Å²) in [6.07, 6.45) is 21.7. The molecule has 0 saturated heterocycles. The molecule has 2 rings (SSSR count). The third-order valence-electron chi connectivity index (χ3n) is 14.5. The van der Waals surface area contributed by atoms with Crippen LogP contribution in [0.4, 0.5) is 0 Å². The molecule has 0 bridgehead atoms. The van der Waals surface area contributed by atoms with E-state index in [9.17, 15) is 0 Å². The molecular weight excluding hydrogens is 853 g/mol. The molecule has 0 aromatic carbocycles. The number of hydrogen-bond donors (Lipinski definition) is 0. The topological polar surface area (TPSA) is 0 Å². The maximum atomic E-state index is 2.41. The lowest BCUT2D eigenvalue weighted by molar-refractivity contribution is 0.0754. The monoisotopic (exact) mass is 1020 g/mol. The molecule has 71 heavy (non-hydrogen) atoms. The number of rotatable bonds is 9. The van der Waals surface area contributed by atoms with Crippen LogP contribution in [0.25, 0.3) is 0 Å². The number of hydrogen-bond acceptors (Lipinski definition) is 0. The van der Waals surface area contributed by atoms with Crippen LogP contribution in [-0.2, 0) is 0 Å². The fourth-order valence-corrected chi connectivity index (χ4v) is 6.25. The maximum Gasteiger partial charge on any atom is -0.0347 e. The zero-order chi connectivity index (χ0) is 59.6. The summed E-state index contributed by atoms with van der Waals surface area (Å²) in [6, 6.07) is 0. The molecule has 0 nitrogen and oxygen atoms in total. The lowest BCUT2D eigenvalue weighted by atomic mass is 9.62. The van der Waals surface area contributed by atoms with Crippen LogP contribution in [0, 0.1) is 86.3 Å². The largest absolute Gasteiger partial charge is 0.0683 e. The highest BCUT2D eigenvalue weighted by molar-refractivity contribution is 4.87. The Morgan fingerprint density at radius 3 is 0.761 bits per heavy atom. The molecule has 0 aliphatic heterocycles. The first-order valence-electron chi connectivity index (χ1n) is 31.9. The van der Waals surface area contributed by atoms with Crippen LogP contribution in [0.15, 0.2) is 0 Å². The zero-order valence-electron chi connectivity index (χ0n) is 59.6. The quantitative estimate of drug-likeness (QED) is 0.216. The Hall–Kier alpha value is 0. The van der Waals surface area contributed by atoms with Crippen molar-refractivity contribution in [3.8, 4) is 0 Å². The summed E-state index contributed by atoms with van der Waals surface area (Å²) >= 11 is 0. The SMILES string of the molecule is CC.CC(C)C.CC(C)C(C)C.CC(C)C(C)C(C)C.CC1CC(C)(C)CC(C)(C)C1.CC1CCC(C)(C)CC1.CCC.CCC(C)(C)C.CCC(C)(C)CC.CCC(C)C.CCC(C)CC.CCCC. The molecule has 0 N–H and O–H groups in total. The molecule has 0 radical (unpaired) electrons. The Kier molecular flexibility index (Phi) is 76.0. The van der Waals surface area contributed by atoms with Gasteiger partial charge < -0.3 is 0 Å². The van der Waals surface area contributed by atoms with Gasteiger partial charge in [-0.15, -0.1) is 0 Å². The summed E-state index contributed by atoms with van der Waals surface area (Å²) in [5.74, 6) is 8.83. The Labute approximate surface area is 463 Å². The highest BCUT2D eigenvalue weighted by Crippen LogP contribution is 2.48. The van der Waals surface area contributed by atoms with Crippen molar-refractivity contribution in [3.63, 3.8) is 0 Å². The van der Waals surface area contributed by atoms with Crippen molar-refractivity contribution in [2.75, 3.05) is 0 Å². The van der Waals surface area contributed by atoms with Gasteiger partial charge in [0.2, 0.25) is 0 Å². The van der Waals surface area contributed by atoms with E-state index in [1.807, 2.05) is 13.8 Å². The van der Waals surface area contributed by atoms with Crippen molar-refractivity contribution in [2.45, 2.75) is 380 Å². The predicted molar refractivity (Wildman–Crippen MR) is 348 cm³/mol. The van der Waals surface area contributed by atoms with Gasteiger partial charge in [-0.25, -0.2) is 0 Å². The van der Waals surface area contributed by atoms with Gasteiger partial charge >= 0.3 is 0 Å². The van der Waals surface area contributed by atoms with Gasteiger partial charge in [-0.2, -0.15) is 0 Å². The molecule has 0 aromatic heterocycles. The van der Waals surface area contributed by atoms with E-state index in [2.05, 4.69) is 263 Å². The molecule has 0 heteroatoms. The van der Waals surface area contributed by atoms with E-state index in [-0.39, 0.29) is 0 Å². The fraction of sp³-hybridized carbons (Fsp3) is 1.00. The van der Waals surface area contributed by atoms with Gasteiger partial charge in [-0.3, -0.25) is 0 Å². The van der Waals surface area contributed by atoms with Crippen molar-refractivity contribution in [3.05, 3.63) is 0 Å². The van der Waals surface area contributed by atoms with Gasteiger partial charge in [0.15, 0.2) is 0 Å². The second-order valence-corrected chi connectivity index (χ2v) is 29.1. The van der Waals surface area contributed by atoms with Crippen LogP contribution in [0.2, 0.25) is 0 Å². The predicted octanol–water partition coefficient (Wildman–Crippen LogP) is 28.0. The number of unbranched alkanes of at least 4 members (excludes halogenated alkanes) is 1. The minimum absolute atomic E-state index is 0.542. The second kappa shape index (κ2) is 57.7. The lowest BCUT2D eigenvalue weighted by Crippen LogP contribution is -2.32. The van der Waals surface area contributed by atoms with Gasteiger partial charge in [-0.1, -0.05) is 348 Å². The van der Waals surface area contributed by atoms with Crippen LogP contribution >= 0.6 is 0 Å². The molecule has 2 aliphatic rings. The van der Waals surface area contributed by atoms with E-state index in [1.165, 1.54) is 103 Å². The van der Waals surface area contributed by atoms with Crippen molar-refractivity contribution in [1.29, 1.82) is 0 Å². The molecule has 2 fully saturated rings. The van der Waals surface area contributed by atoms with E-state index in [4.69, 9.17) is 0 Å². The first kappa shape index (κ1) is 93.5. The molecule has 0 atom stereocenters. The molecule has 2 saturated carbocycles. The van der Waals surface area contributed by atoms with Gasteiger partial charge in [-0.05, 0) is 118 Å². The Morgan fingerprint density at radius 1 is 0.423 bits per heavy atom. The summed E-state index contributed by atoms with van der Waals surface area (Å²) < 4.78 is 0. The summed E-state index contributed by atoms with van der Waals surface area (Å²) in [6.45, 7) is 90.1. The van der Waals surface area contributed by atoms with Crippen molar-refractivity contribution >= 4 is 0 Å². The van der Waals surface area contributed by atoms with Crippen LogP contribution in [-0.4, -0.2) is 0 Å². The van der Waals surface area contributed by atoms with Gasteiger partial charge in [0.05, 0.1) is 0 Å². The Morgan fingerprint density at radius 2 is 0.676 bits per heavy atom. The average Bonchev–Trinajstić information content (AvgIpc) is 3.24. The van der Waals surface area contributed by atoms with E-state index in [1.54, 1.807) is 0 Å². The summed E-state index contributed by atoms with van der Waals surface area (Å²) in [7, 11) is 0. The third-order valence-corrected chi connectivity index (χ3v) is 14.5. The van der Waals surface area contributed by atoms with Crippen LogP contribution in [0.1, 0.15) is 380 Å². The highest BCUT2D eigenvalue weighted by Gasteiger charge is 2.36. The standard InChI is InChI=1S/C11H22.C9H18.C8H18.C7H16.3C6H14.C5H12.2C4H10.C3H8.C2H6/c1-9-6-10(2,3)8-11(4,5)7-9;1-8-4-6-9(2,3)7-5-8;1-6(2)8(5)7(3)4;1-5-7(3,4)6-2;1-5-6(2,3)4;1-5(2)6(3)4;1-4-6(3)5-2;1-4-5(2)3;1-4(2)3;1-3-4-2;1-3-2;1-2/h9H,6-8H2,1-5H3;8H,4-7H2,1-3H3;6-8H,1-5H3;5-6H2,1-4H3;5H2,1-4H3;5-6H,1-4H3;6H,4-5H2,1-3H3;5H,4H2,1-3H3;4H,1-3H3;3-4H2,1-2H3;3H2,1-2H3;1-2H3. The van der Waals surface area contributed by atoms with Gasteiger partial charge in [0.25, 0.3) is 0 Å². The molecule has 0 amide bonds. The summed E-state index contributed by atoms with van der Waals surface area (Å²) in [5.41, 5.74) is 2.95. The van der Waals surface area contributed by atoms with Crippen LogP contribution in [0.5, 0.6) is 0 Å². The fourth-order valence-electron chi connectivity index (χ4n) is 6.25. The third kappa shape index (κ3) is 103. The van der Waals surface area contributed by atoms with E-state index >= 15 is 0 Å². The van der Waals surface area contributed by atoms with Crippen molar-refractivity contribution in [2.24, 2.45) is 86.3 Å².